The van der Waals surface area contributed by atoms with Crippen LogP contribution in [0.25, 0.3) is 6.08 Å². The monoisotopic (exact) mass is 887 g/mol. The lowest BCUT2D eigenvalue weighted by Gasteiger charge is -2.13. The van der Waals surface area contributed by atoms with Crippen LogP contribution in [0.3, 0.4) is 0 Å². The van der Waals surface area contributed by atoms with Crippen LogP contribution in [-0.2, 0) is 48.0 Å². The number of carbonyl (C=O) groups is 6. The Hall–Kier alpha value is -6.72. The van der Waals surface area contributed by atoms with Gasteiger partial charge >= 0.3 is 29.8 Å². The molecule has 4 aromatic rings. The molecule has 0 aliphatic carbocycles. The van der Waals surface area contributed by atoms with Gasteiger partial charge in [0.25, 0.3) is 0 Å². The molecule has 0 saturated heterocycles. The minimum atomic E-state index is -1.05. The van der Waals surface area contributed by atoms with Gasteiger partial charge < -0.3 is 53.8 Å². The van der Waals surface area contributed by atoms with Gasteiger partial charge in [-0.3, -0.25) is 24.0 Å². The van der Waals surface area contributed by atoms with Gasteiger partial charge in [-0.2, -0.15) is 0 Å². The standard InChI is InChI=1S/C18H17NO3.2C9H11NO2.2C6H13NO2/c20-17(12-11-14-7-3-1-4-8-14)19-16(18(21)22)13-15-9-5-2-6-10-15;2*10-8(9(11)12)6-7-4-2-1-3-5-7;2*1-4(2)3-5(7)6(8)9/h1-12,16H,13H2,(H,19,20)(H,21,22);2*1-5,8H,6,10H2,(H,11,12);2*4-5H,3,7H2,1-2H3,(H,8,9). The first kappa shape index (κ1) is 57.3. The summed E-state index contributed by atoms with van der Waals surface area (Å²) in [5, 5.41) is 45.4. The number of hydrogen-bond acceptors (Lipinski definition) is 10. The third kappa shape index (κ3) is 29.5. The van der Waals surface area contributed by atoms with E-state index >= 15 is 0 Å². The lowest BCUT2D eigenvalue weighted by molar-refractivity contribution is -0.141. The molecule has 0 bridgehead atoms. The molecule has 5 unspecified atom stereocenters. The van der Waals surface area contributed by atoms with E-state index in [-0.39, 0.29) is 6.42 Å². The van der Waals surface area contributed by atoms with Gasteiger partial charge in [0.05, 0.1) is 0 Å². The zero-order valence-electron chi connectivity index (χ0n) is 36.8. The van der Waals surface area contributed by atoms with E-state index in [1.807, 2.05) is 149 Å². The van der Waals surface area contributed by atoms with Crippen LogP contribution in [0.5, 0.6) is 0 Å². The number of nitrogens with two attached hydrogens (primary N) is 4. The van der Waals surface area contributed by atoms with E-state index in [1.165, 1.54) is 6.08 Å². The summed E-state index contributed by atoms with van der Waals surface area (Å²) in [4.78, 5) is 64.1. The van der Waals surface area contributed by atoms with Crippen molar-refractivity contribution in [2.75, 3.05) is 0 Å². The Morgan fingerprint density at radius 1 is 0.453 bits per heavy atom. The van der Waals surface area contributed by atoms with Gasteiger partial charge in [0.15, 0.2) is 0 Å². The fourth-order valence-electron chi connectivity index (χ4n) is 5.13. The number of hydrogen-bond donors (Lipinski definition) is 10. The maximum Gasteiger partial charge on any atom is 0.326 e. The topological polar surface area (TPSA) is 320 Å². The van der Waals surface area contributed by atoms with Crippen LogP contribution in [0.15, 0.2) is 127 Å². The summed E-state index contributed by atoms with van der Waals surface area (Å²) >= 11 is 0. The average Bonchev–Trinajstić information content (AvgIpc) is 3.24. The van der Waals surface area contributed by atoms with E-state index in [0.717, 1.165) is 22.3 Å². The van der Waals surface area contributed by atoms with E-state index in [2.05, 4.69) is 5.32 Å². The van der Waals surface area contributed by atoms with Gasteiger partial charge in [0.1, 0.15) is 30.2 Å². The summed E-state index contributed by atoms with van der Waals surface area (Å²) in [5.41, 5.74) is 24.8. The van der Waals surface area contributed by atoms with E-state index in [9.17, 15) is 33.9 Å². The number of benzene rings is 4. The molecule has 16 nitrogen and oxygen atoms in total. The molecule has 0 saturated carbocycles. The second-order valence-electron chi connectivity index (χ2n) is 15.3. The van der Waals surface area contributed by atoms with Crippen LogP contribution in [0, 0.1) is 11.8 Å². The Morgan fingerprint density at radius 3 is 1.02 bits per heavy atom. The summed E-state index contributed by atoms with van der Waals surface area (Å²) in [5.74, 6) is -4.50. The van der Waals surface area contributed by atoms with Crippen LogP contribution < -0.4 is 28.3 Å². The normalized spacial score (nSPS) is 12.7. The molecule has 0 aliphatic heterocycles. The zero-order chi connectivity index (χ0) is 48.6. The smallest absolute Gasteiger partial charge is 0.326 e. The molecule has 348 valence electrons. The van der Waals surface area contributed by atoms with Crippen molar-refractivity contribution in [2.45, 2.75) is 90.0 Å². The number of carbonyl (C=O) groups excluding carboxylic acids is 1. The van der Waals surface area contributed by atoms with E-state index in [4.69, 9.17) is 43.4 Å². The highest BCUT2D eigenvalue weighted by Gasteiger charge is 2.19. The predicted octanol–water partition coefficient (Wildman–Crippen LogP) is 4.68. The molecule has 4 aromatic carbocycles. The second kappa shape index (κ2) is 32.9. The zero-order valence-corrected chi connectivity index (χ0v) is 36.8. The van der Waals surface area contributed by atoms with Crippen molar-refractivity contribution in [3.05, 3.63) is 150 Å². The number of amides is 1. The first-order chi connectivity index (χ1) is 30.1. The molecule has 1 amide bonds. The molecule has 0 heterocycles. The van der Waals surface area contributed by atoms with Gasteiger partial charge in [-0.1, -0.05) is 149 Å². The predicted molar refractivity (Wildman–Crippen MR) is 247 cm³/mol. The van der Waals surface area contributed by atoms with Crippen LogP contribution in [0.1, 0.15) is 62.8 Å². The lowest BCUT2D eigenvalue weighted by Crippen LogP contribution is -2.41. The summed E-state index contributed by atoms with van der Waals surface area (Å²) in [6.07, 6.45) is 5.12. The molecular weight excluding hydrogens is 823 g/mol. The summed E-state index contributed by atoms with van der Waals surface area (Å²) < 4.78 is 0. The second-order valence-corrected chi connectivity index (χ2v) is 15.3. The molecule has 14 N–H and O–H groups in total. The lowest BCUT2D eigenvalue weighted by atomic mass is 10.1. The highest BCUT2D eigenvalue weighted by Crippen LogP contribution is 2.06. The number of aliphatic carboxylic acids is 5. The highest BCUT2D eigenvalue weighted by atomic mass is 16.4. The largest absolute Gasteiger partial charge is 0.480 e. The maximum absolute atomic E-state index is 11.9. The van der Waals surface area contributed by atoms with Crippen molar-refractivity contribution in [3.63, 3.8) is 0 Å². The van der Waals surface area contributed by atoms with Crippen molar-refractivity contribution >= 4 is 41.8 Å². The summed E-state index contributed by atoms with van der Waals surface area (Å²) in [6, 6.07) is 33.3. The van der Waals surface area contributed by atoms with Crippen LogP contribution in [0.4, 0.5) is 0 Å². The van der Waals surface area contributed by atoms with Gasteiger partial charge in [0, 0.05) is 12.5 Å². The first-order valence-electron chi connectivity index (χ1n) is 20.4. The van der Waals surface area contributed by atoms with Crippen LogP contribution >= 0.6 is 0 Å². The van der Waals surface area contributed by atoms with Gasteiger partial charge in [-0.15, -0.1) is 0 Å². The SMILES string of the molecule is CC(C)CC(N)C(=O)O.CC(C)CC(N)C(=O)O.NC(Cc1ccccc1)C(=O)O.NC(Cc1ccccc1)C(=O)O.O=C(C=Cc1ccccc1)NC(Cc1ccccc1)C(=O)O. The van der Waals surface area contributed by atoms with E-state index in [1.54, 1.807) is 6.08 Å². The molecule has 0 fully saturated rings. The summed E-state index contributed by atoms with van der Waals surface area (Å²) in [6.45, 7) is 7.79. The highest BCUT2D eigenvalue weighted by molar-refractivity contribution is 5.94. The molecule has 0 spiro atoms. The van der Waals surface area contributed by atoms with Gasteiger partial charge in [-0.05, 0) is 65.8 Å². The molecule has 4 rings (SSSR count). The third-order valence-corrected chi connectivity index (χ3v) is 8.44. The minimum Gasteiger partial charge on any atom is -0.480 e. The molecule has 16 heteroatoms. The molecule has 0 aliphatic rings. The van der Waals surface area contributed by atoms with Crippen molar-refractivity contribution < 1.29 is 54.3 Å². The van der Waals surface area contributed by atoms with E-state index in [0.29, 0.717) is 37.5 Å². The van der Waals surface area contributed by atoms with E-state index < -0.39 is 66.0 Å². The van der Waals surface area contributed by atoms with Gasteiger partial charge in [-0.25, -0.2) is 4.79 Å². The molecular formula is C48H65N5O11. The van der Waals surface area contributed by atoms with Crippen LogP contribution in [0.2, 0.25) is 0 Å². The Morgan fingerprint density at radius 2 is 0.750 bits per heavy atom. The first-order valence-corrected chi connectivity index (χ1v) is 20.4. The Bertz CT molecular complexity index is 1880. The van der Waals surface area contributed by atoms with Crippen molar-refractivity contribution in [1.29, 1.82) is 0 Å². The third-order valence-electron chi connectivity index (χ3n) is 8.44. The maximum atomic E-state index is 11.9. The number of carboxylic acid groups (broad SMARTS) is 5. The Kier molecular flexibility index (Phi) is 29.5. The van der Waals surface area contributed by atoms with Crippen molar-refractivity contribution in [1.82, 2.24) is 5.32 Å². The number of carboxylic acids is 5. The molecule has 0 aromatic heterocycles. The molecule has 64 heavy (non-hydrogen) atoms. The molecule has 5 atom stereocenters. The summed E-state index contributed by atoms with van der Waals surface area (Å²) in [7, 11) is 0. The fraction of sp³-hybridized carbons (Fsp3) is 0.333. The minimum absolute atomic E-state index is 0.251. The van der Waals surface area contributed by atoms with Crippen molar-refractivity contribution in [2.24, 2.45) is 34.8 Å². The Balaban J connectivity index is 0.000000819. The van der Waals surface area contributed by atoms with Crippen LogP contribution in [-0.4, -0.2) is 91.5 Å². The average molecular weight is 888 g/mol. The molecule has 0 radical (unpaired) electrons. The van der Waals surface area contributed by atoms with Gasteiger partial charge in [0.2, 0.25) is 5.91 Å². The number of nitrogens with one attached hydrogen (secondary N) is 1. The number of rotatable bonds is 18. The Labute approximate surface area is 375 Å². The fourth-order valence-corrected chi connectivity index (χ4v) is 5.13. The quantitative estimate of drug-likeness (QED) is 0.0607. The van der Waals surface area contributed by atoms with Crippen molar-refractivity contribution in [3.8, 4) is 0 Å².